The van der Waals surface area contributed by atoms with E-state index in [0.717, 1.165) is 5.56 Å². The van der Waals surface area contributed by atoms with Crippen molar-refractivity contribution in [2.45, 2.75) is 52.6 Å². The second kappa shape index (κ2) is 5.35. The molecule has 0 saturated heterocycles. The van der Waals surface area contributed by atoms with Crippen LogP contribution >= 0.6 is 0 Å². The molecule has 0 aliphatic rings. The van der Waals surface area contributed by atoms with E-state index in [0.29, 0.717) is 12.3 Å². The Morgan fingerprint density at radius 1 is 1.29 bits per heavy atom. The molecule has 0 bridgehead atoms. The van der Waals surface area contributed by atoms with Crippen molar-refractivity contribution in [3.05, 3.63) is 35.4 Å². The zero-order valence-electron chi connectivity index (χ0n) is 11.4. The van der Waals surface area contributed by atoms with Crippen molar-refractivity contribution in [1.29, 1.82) is 0 Å². The van der Waals surface area contributed by atoms with Crippen LogP contribution in [0.4, 0.5) is 0 Å². The number of ether oxygens (including phenoxy) is 1. The highest BCUT2D eigenvalue weighted by Crippen LogP contribution is 2.17. The highest BCUT2D eigenvalue weighted by molar-refractivity contribution is 5.73. The number of carbonyl (C=O) groups excluding carboxylic acids is 1. The van der Waals surface area contributed by atoms with Gasteiger partial charge in [0.2, 0.25) is 0 Å². The van der Waals surface area contributed by atoms with Gasteiger partial charge >= 0.3 is 5.97 Å². The Kier molecular flexibility index (Phi) is 4.33. The summed E-state index contributed by atoms with van der Waals surface area (Å²) >= 11 is 0. The zero-order valence-corrected chi connectivity index (χ0v) is 11.4. The fraction of sp³-hybridized carbons (Fsp3) is 0.533. The molecule has 0 saturated carbocycles. The smallest absolute Gasteiger partial charge is 0.310 e. The van der Waals surface area contributed by atoms with E-state index in [-0.39, 0.29) is 5.97 Å². The number of esters is 1. The first kappa shape index (κ1) is 13.8. The van der Waals surface area contributed by atoms with Gasteiger partial charge in [0.1, 0.15) is 5.60 Å². The summed E-state index contributed by atoms with van der Waals surface area (Å²) in [6, 6.07) is 8.13. The third kappa shape index (κ3) is 5.03. The van der Waals surface area contributed by atoms with Crippen LogP contribution < -0.4 is 0 Å². The van der Waals surface area contributed by atoms with Gasteiger partial charge in [-0.1, -0.05) is 38.1 Å². The van der Waals surface area contributed by atoms with E-state index in [2.05, 4.69) is 26.0 Å². The maximum Gasteiger partial charge on any atom is 0.310 e. The van der Waals surface area contributed by atoms with Crippen molar-refractivity contribution < 1.29 is 9.53 Å². The van der Waals surface area contributed by atoms with E-state index in [1.807, 2.05) is 32.9 Å². The summed E-state index contributed by atoms with van der Waals surface area (Å²) in [5.41, 5.74) is 1.86. The molecular formula is C15H22O2. The topological polar surface area (TPSA) is 26.3 Å². The van der Waals surface area contributed by atoms with E-state index in [1.54, 1.807) is 0 Å². The van der Waals surface area contributed by atoms with E-state index >= 15 is 0 Å². The Balaban J connectivity index is 2.69. The van der Waals surface area contributed by atoms with Gasteiger partial charge in [-0.15, -0.1) is 0 Å². The Morgan fingerprint density at radius 3 is 2.47 bits per heavy atom. The average Bonchev–Trinajstić information content (AvgIpc) is 2.14. The van der Waals surface area contributed by atoms with Crippen LogP contribution in [0.15, 0.2) is 24.3 Å². The SMILES string of the molecule is CC(C)c1cccc(CC(=O)OC(C)(C)C)c1. The average molecular weight is 234 g/mol. The second-order valence-corrected chi connectivity index (χ2v) is 5.66. The van der Waals surface area contributed by atoms with Crippen molar-refractivity contribution in [2.75, 3.05) is 0 Å². The molecule has 0 aliphatic heterocycles. The monoisotopic (exact) mass is 234 g/mol. The van der Waals surface area contributed by atoms with Gasteiger partial charge in [0.05, 0.1) is 6.42 Å². The number of benzene rings is 1. The molecule has 0 fully saturated rings. The molecule has 1 aromatic rings. The molecule has 2 nitrogen and oxygen atoms in total. The molecule has 0 atom stereocenters. The van der Waals surface area contributed by atoms with E-state index in [9.17, 15) is 4.79 Å². The molecular weight excluding hydrogens is 212 g/mol. The first-order valence-corrected chi connectivity index (χ1v) is 6.08. The summed E-state index contributed by atoms with van der Waals surface area (Å²) in [4.78, 5) is 11.7. The largest absolute Gasteiger partial charge is 0.460 e. The molecule has 0 radical (unpaired) electrons. The third-order valence-electron chi connectivity index (χ3n) is 2.39. The minimum absolute atomic E-state index is 0.168. The molecule has 0 aliphatic carbocycles. The van der Waals surface area contributed by atoms with Gasteiger partial charge in [0.25, 0.3) is 0 Å². The minimum atomic E-state index is -0.410. The van der Waals surface area contributed by atoms with Crippen molar-refractivity contribution in [3.8, 4) is 0 Å². The fourth-order valence-electron chi connectivity index (χ4n) is 1.61. The van der Waals surface area contributed by atoms with Gasteiger partial charge in [0, 0.05) is 0 Å². The van der Waals surface area contributed by atoms with Crippen LogP contribution in [0.2, 0.25) is 0 Å². The molecule has 0 N–H and O–H groups in total. The molecule has 94 valence electrons. The predicted molar refractivity (Wildman–Crippen MR) is 70.1 cm³/mol. The van der Waals surface area contributed by atoms with Crippen molar-refractivity contribution in [2.24, 2.45) is 0 Å². The van der Waals surface area contributed by atoms with E-state index in [1.165, 1.54) is 5.56 Å². The number of hydrogen-bond acceptors (Lipinski definition) is 2. The lowest BCUT2D eigenvalue weighted by atomic mass is 10.00. The van der Waals surface area contributed by atoms with Crippen molar-refractivity contribution in [3.63, 3.8) is 0 Å². The lowest BCUT2D eigenvalue weighted by Gasteiger charge is -2.19. The highest BCUT2D eigenvalue weighted by Gasteiger charge is 2.16. The van der Waals surface area contributed by atoms with Gasteiger partial charge < -0.3 is 4.74 Å². The van der Waals surface area contributed by atoms with Gasteiger partial charge in [-0.3, -0.25) is 4.79 Å². The minimum Gasteiger partial charge on any atom is -0.460 e. The molecule has 17 heavy (non-hydrogen) atoms. The summed E-state index contributed by atoms with van der Waals surface area (Å²) in [6.45, 7) is 9.94. The van der Waals surface area contributed by atoms with Gasteiger partial charge in [-0.05, 0) is 37.8 Å². The first-order valence-electron chi connectivity index (χ1n) is 6.08. The Bertz CT molecular complexity index is 386. The lowest BCUT2D eigenvalue weighted by molar-refractivity contribution is -0.153. The van der Waals surface area contributed by atoms with Crippen molar-refractivity contribution >= 4 is 5.97 Å². The predicted octanol–water partition coefficient (Wildman–Crippen LogP) is 3.69. The molecule has 2 heteroatoms. The van der Waals surface area contributed by atoms with Crippen LogP contribution in [-0.4, -0.2) is 11.6 Å². The molecule has 1 rings (SSSR count). The van der Waals surface area contributed by atoms with Crippen LogP contribution in [0.1, 0.15) is 51.7 Å². The normalized spacial score (nSPS) is 11.6. The summed E-state index contributed by atoms with van der Waals surface area (Å²) in [5, 5.41) is 0. The summed E-state index contributed by atoms with van der Waals surface area (Å²) < 4.78 is 5.30. The molecule has 0 spiro atoms. The Morgan fingerprint density at radius 2 is 1.94 bits per heavy atom. The zero-order chi connectivity index (χ0) is 13.1. The Labute approximate surface area is 104 Å². The van der Waals surface area contributed by atoms with Crippen LogP contribution in [0.25, 0.3) is 0 Å². The van der Waals surface area contributed by atoms with E-state index in [4.69, 9.17) is 4.74 Å². The summed E-state index contributed by atoms with van der Waals surface area (Å²) in [7, 11) is 0. The maximum absolute atomic E-state index is 11.7. The summed E-state index contributed by atoms with van der Waals surface area (Å²) in [5.74, 6) is 0.312. The highest BCUT2D eigenvalue weighted by atomic mass is 16.6. The molecule has 1 aromatic carbocycles. The van der Waals surface area contributed by atoms with Gasteiger partial charge in [-0.2, -0.15) is 0 Å². The standard InChI is InChI=1S/C15H22O2/c1-11(2)13-8-6-7-12(9-13)10-14(16)17-15(3,4)5/h6-9,11H,10H2,1-5H3. The van der Waals surface area contributed by atoms with Gasteiger partial charge in [0.15, 0.2) is 0 Å². The Hall–Kier alpha value is -1.31. The number of hydrogen-bond donors (Lipinski definition) is 0. The van der Waals surface area contributed by atoms with Crippen LogP contribution in [0.5, 0.6) is 0 Å². The van der Waals surface area contributed by atoms with Crippen LogP contribution in [0.3, 0.4) is 0 Å². The second-order valence-electron chi connectivity index (χ2n) is 5.66. The van der Waals surface area contributed by atoms with Crippen molar-refractivity contribution in [1.82, 2.24) is 0 Å². The van der Waals surface area contributed by atoms with Crippen LogP contribution in [0, 0.1) is 0 Å². The maximum atomic E-state index is 11.7. The third-order valence-corrected chi connectivity index (χ3v) is 2.39. The number of rotatable bonds is 3. The number of carbonyl (C=O) groups is 1. The fourth-order valence-corrected chi connectivity index (χ4v) is 1.61. The van der Waals surface area contributed by atoms with E-state index < -0.39 is 5.60 Å². The molecule has 0 heterocycles. The molecule has 0 amide bonds. The van der Waals surface area contributed by atoms with Crippen LogP contribution in [-0.2, 0) is 16.0 Å². The quantitative estimate of drug-likeness (QED) is 0.745. The first-order chi connectivity index (χ1) is 7.78. The lowest BCUT2D eigenvalue weighted by Crippen LogP contribution is -2.24. The van der Waals surface area contributed by atoms with Gasteiger partial charge in [-0.25, -0.2) is 0 Å². The molecule has 0 unspecified atom stereocenters. The molecule has 0 aromatic heterocycles. The summed E-state index contributed by atoms with van der Waals surface area (Å²) in [6.07, 6.45) is 0.345.